The first-order chi connectivity index (χ1) is 15.2. The van der Waals surface area contributed by atoms with Crippen molar-refractivity contribution in [3.8, 4) is 11.5 Å². The minimum Gasteiger partial charge on any atom is -0.495 e. The molecule has 0 saturated heterocycles. The lowest BCUT2D eigenvalue weighted by Crippen LogP contribution is -2.34. The number of anilines is 1. The Hall–Kier alpha value is -3.59. The van der Waals surface area contributed by atoms with Gasteiger partial charge in [-0.25, -0.2) is 9.18 Å². The highest BCUT2D eigenvalue weighted by atomic mass is 32.2. The van der Waals surface area contributed by atoms with Gasteiger partial charge in [-0.05, 0) is 35.9 Å². The third kappa shape index (κ3) is 6.45. The smallest absolute Gasteiger partial charge is 0.322 e. The van der Waals surface area contributed by atoms with E-state index in [2.05, 4.69) is 5.32 Å². The lowest BCUT2D eigenvalue weighted by molar-refractivity contribution is 0.206. The average molecular weight is 459 g/mol. The fourth-order valence-corrected chi connectivity index (χ4v) is 3.53. The van der Waals surface area contributed by atoms with Gasteiger partial charge in [-0.15, -0.1) is 0 Å². The van der Waals surface area contributed by atoms with Gasteiger partial charge in [0.1, 0.15) is 17.3 Å². The molecule has 0 saturated carbocycles. The number of hydrogen-bond donors (Lipinski definition) is 1. The number of rotatable bonds is 8. The molecule has 2 amide bonds. The summed E-state index contributed by atoms with van der Waals surface area (Å²) in [5.41, 5.74) is 1.67. The number of amides is 2. The van der Waals surface area contributed by atoms with Crippen LogP contribution in [0.15, 0.2) is 72.8 Å². The van der Waals surface area contributed by atoms with E-state index >= 15 is 0 Å². The molecule has 7 nitrogen and oxygen atoms in total. The molecule has 0 bridgehead atoms. The number of benzene rings is 3. The van der Waals surface area contributed by atoms with Gasteiger partial charge in [0.15, 0.2) is 0 Å². The maximum Gasteiger partial charge on any atom is 0.322 e. The van der Waals surface area contributed by atoms with Crippen molar-refractivity contribution in [2.75, 3.05) is 18.7 Å². The van der Waals surface area contributed by atoms with Crippen molar-refractivity contribution in [2.24, 2.45) is 0 Å². The Morgan fingerprint density at radius 1 is 0.938 bits per heavy atom. The summed E-state index contributed by atoms with van der Waals surface area (Å²) in [5, 5.41) is 2.81. The van der Waals surface area contributed by atoms with Gasteiger partial charge in [-0.3, -0.25) is 0 Å². The fourth-order valence-electron chi connectivity index (χ4n) is 3.04. The zero-order chi connectivity index (χ0) is 23.1. The van der Waals surface area contributed by atoms with Gasteiger partial charge in [0.25, 0.3) is 0 Å². The van der Waals surface area contributed by atoms with E-state index in [9.17, 15) is 17.6 Å². The first-order valence-electron chi connectivity index (χ1n) is 9.66. The topological polar surface area (TPSA) is 84.9 Å². The van der Waals surface area contributed by atoms with Crippen molar-refractivity contribution in [3.63, 3.8) is 0 Å². The normalized spacial score (nSPS) is 11.0. The predicted octanol–water partition coefficient (Wildman–Crippen LogP) is 4.41. The summed E-state index contributed by atoms with van der Waals surface area (Å²) in [6.07, 6.45) is 0.953. The minimum absolute atomic E-state index is 0.0457. The Labute approximate surface area is 186 Å². The van der Waals surface area contributed by atoms with E-state index in [1.807, 2.05) is 0 Å². The third-order valence-electron chi connectivity index (χ3n) is 4.50. The molecule has 0 aliphatic carbocycles. The standard InChI is InChI=1S/C23H23FN2O5S/c1-30-22-10-6-4-8-20(22)25-23(27)26(15-17-11-13-19(24)14-12-17)16-18-7-3-5-9-21(18)31-32(2,28)29/h3-14H,15-16H2,1-2H3,(H,25,27). The largest absolute Gasteiger partial charge is 0.495 e. The molecule has 0 heterocycles. The second-order valence-corrected chi connectivity index (χ2v) is 8.58. The highest BCUT2D eigenvalue weighted by molar-refractivity contribution is 7.86. The van der Waals surface area contributed by atoms with E-state index in [0.29, 0.717) is 22.6 Å². The van der Waals surface area contributed by atoms with E-state index in [1.165, 1.54) is 30.2 Å². The summed E-state index contributed by atoms with van der Waals surface area (Å²) >= 11 is 0. The Morgan fingerprint density at radius 2 is 1.56 bits per heavy atom. The van der Waals surface area contributed by atoms with Gasteiger partial charge in [0.05, 0.1) is 25.6 Å². The van der Waals surface area contributed by atoms with Crippen molar-refractivity contribution in [2.45, 2.75) is 13.1 Å². The molecule has 0 fully saturated rings. The molecule has 3 aromatic rings. The van der Waals surface area contributed by atoms with Crippen molar-refractivity contribution in [1.82, 2.24) is 4.90 Å². The maximum absolute atomic E-state index is 13.3. The van der Waals surface area contributed by atoms with Gasteiger partial charge in [0.2, 0.25) is 0 Å². The second kappa shape index (κ2) is 10.1. The molecule has 32 heavy (non-hydrogen) atoms. The molecule has 3 rings (SSSR count). The number of methoxy groups -OCH3 is 1. The van der Waals surface area contributed by atoms with E-state index in [0.717, 1.165) is 6.26 Å². The average Bonchev–Trinajstić information content (AvgIpc) is 2.75. The Kier molecular flexibility index (Phi) is 7.32. The molecule has 0 aromatic heterocycles. The van der Waals surface area contributed by atoms with Crippen LogP contribution in [0.1, 0.15) is 11.1 Å². The quantitative estimate of drug-likeness (QED) is 0.506. The second-order valence-electron chi connectivity index (χ2n) is 7.01. The molecule has 9 heteroatoms. The van der Waals surface area contributed by atoms with E-state index in [-0.39, 0.29) is 24.7 Å². The first kappa shape index (κ1) is 23.1. The highest BCUT2D eigenvalue weighted by Crippen LogP contribution is 2.26. The van der Waals surface area contributed by atoms with Crippen molar-refractivity contribution in [1.29, 1.82) is 0 Å². The van der Waals surface area contributed by atoms with Gasteiger partial charge in [-0.1, -0.05) is 42.5 Å². The van der Waals surface area contributed by atoms with Crippen molar-refractivity contribution in [3.05, 3.63) is 89.7 Å². The van der Waals surface area contributed by atoms with Crippen molar-refractivity contribution >= 4 is 21.8 Å². The van der Waals surface area contributed by atoms with Crippen LogP contribution in [0.25, 0.3) is 0 Å². The molecule has 3 aromatic carbocycles. The molecular formula is C23H23FN2O5S. The molecule has 168 valence electrons. The number of urea groups is 1. The summed E-state index contributed by atoms with van der Waals surface area (Å²) in [7, 11) is -2.25. The number of hydrogen-bond acceptors (Lipinski definition) is 5. The summed E-state index contributed by atoms with van der Waals surface area (Å²) in [4.78, 5) is 14.6. The van der Waals surface area contributed by atoms with Crippen LogP contribution in [-0.2, 0) is 23.2 Å². The fraction of sp³-hybridized carbons (Fsp3) is 0.174. The molecule has 0 radical (unpaired) electrons. The lowest BCUT2D eigenvalue weighted by atomic mass is 10.1. The molecule has 0 aliphatic heterocycles. The monoisotopic (exact) mass is 458 g/mol. The summed E-state index contributed by atoms with van der Waals surface area (Å²) in [6.45, 7) is 0.193. The Bertz CT molecular complexity index is 1180. The number of halogens is 1. The van der Waals surface area contributed by atoms with Crippen LogP contribution in [0.2, 0.25) is 0 Å². The SMILES string of the molecule is COc1ccccc1NC(=O)N(Cc1ccc(F)cc1)Cc1ccccc1OS(C)(=O)=O. The molecule has 0 unspecified atom stereocenters. The number of nitrogens with one attached hydrogen (secondary N) is 1. The van der Waals surface area contributed by atoms with Crippen LogP contribution >= 0.6 is 0 Å². The van der Waals surface area contributed by atoms with Gasteiger partial charge >= 0.3 is 16.1 Å². The highest BCUT2D eigenvalue weighted by Gasteiger charge is 2.19. The van der Waals surface area contributed by atoms with Crippen LogP contribution in [0.3, 0.4) is 0 Å². The van der Waals surface area contributed by atoms with Gasteiger partial charge in [0, 0.05) is 12.1 Å². The zero-order valence-electron chi connectivity index (χ0n) is 17.6. The number of carbonyl (C=O) groups excluding carboxylic acids is 1. The molecule has 0 aliphatic rings. The number of para-hydroxylation sites is 3. The van der Waals surface area contributed by atoms with Crippen LogP contribution in [0.5, 0.6) is 11.5 Å². The number of nitrogens with zero attached hydrogens (tertiary/aromatic N) is 1. The third-order valence-corrected chi connectivity index (χ3v) is 4.98. The minimum atomic E-state index is -3.75. The van der Waals surface area contributed by atoms with Crippen LogP contribution in [0, 0.1) is 5.82 Å². The molecule has 0 spiro atoms. The summed E-state index contributed by atoms with van der Waals surface area (Å²) in [5.74, 6) is 0.235. The van der Waals surface area contributed by atoms with Crippen LogP contribution in [0.4, 0.5) is 14.9 Å². The first-order valence-corrected chi connectivity index (χ1v) is 11.5. The lowest BCUT2D eigenvalue weighted by Gasteiger charge is -2.25. The summed E-state index contributed by atoms with van der Waals surface area (Å²) < 4.78 is 47.0. The summed E-state index contributed by atoms with van der Waals surface area (Å²) in [6, 6.07) is 18.9. The Morgan fingerprint density at radius 3 is 2.22 bits per heavy atom. The van der Waals surface area contributed by atoms with Gasteiger partial charge < -0.3 is 19.1 Å². The molecular weight excluding hydrogens is 435 g/mol. The van der Waals surface area contributed by atoms with Crippen molar-refractivity contribution < 1.29 is 26.5 Å². The van der Waals surface area contributed by atoms with E-state index < -0.39 is 16.1 Å². The van der Waals surface area contributed by atoms with E-state index in [1.54, 1.807) is 54.6 Å². The zero-order valence-corrected chi connectivity index (χ0v) is 18.4. The van der Waals surface area contributed by atoms with Crippen LogP contribution < -0.4 is 14.2 Å². The van der Waals surface area contributed by atoms with Gasteiger partial charge in [-0.2, -0.15) is 8.42 Å². The number of ether oxygens (including phenoxy) is 1. The molecule has 1 N–H and O–H groups in total. The van der Waals surface area contributed by atoms with Crippen LogP contribution in [-0.4, -0.2) is 32.7 Å². The maximum atomic E-state index is 13.3. The van der Waals surface area contributed by atoms with E-state index in [4.69, 9.17) is 8.92 Å². The predicted molar refractivity (Wildman–Crippen MR) is 120 cm³/mol. The molecule has 0 atom stereocenters. The Balaban J connectivity index is 1.90. The number of carbonyl (C=O) groups is 1.